The number of carboxylic acids is 1. The highest BCUT2D eigenvalue weighted by Gasteiger charge is 2.43. The number of ether oxygens (including phenoxy) is 1. The molecule has 2 fully saturated rings. The average molecular weight is 465 g/mol. The normalized spacial score (nSPS) is 25.6. The van der Waals surface area contributed by atoms with Crippen molar-refractivity contribution in [3.05, 3.63) is 59.7 Å². The standard InChI is InChI=1S/C26H28N2O6/c29-17-12-23(25(31)32)28(13-17)24(30)15-9-10-16(11-15)27-26(33)34-14-22-20-7-3-1-5-18(20)19-6-2-4-8-21(19)22/h1-8,15-17,22-23,29H,9-14H2,(H,27,33)(H,31,32)/t15?,16?,17-,23-/m0/s1. The number of carboxylic acid groups (broad SMARTS) is 1. The van der Waals surface area contributed by atoms with Gasteiger partial charge in [-0.3, -0.25) is 4.79 Å². The van der Waals surface area contributed by atoms with Crippen LogP contribution in [0.15, 0.2) is 48.5 Å². The molecule has 4 atom stereocenters. The van der Waals surface area contributed by atoms with Gasteiger partial charge in [0.05, 0.1) is 6.10 Å². The average Bonchev–Trinajstić information content (AvgIpc) is 3.53. The van der Waals surface area contributed by atoms with Crippen LogP contribution in [0.25, 0.3) is 11.1 Å². The smallest absolute Gasteiger partial charge is 0.407 e. The van der Waals surface area contributed by atoms with Crippen molar-refractivity contribution in [2.45, 2.75) is 49.8 Å². The second-order valence-corrected chi connectivity index (χ2v) is 9.41. The fraction of sp³-hybridized carbons (Fsp3) is 0.423. The number of likely N-dealkylation sites (tertiary alicyclic amines) is 1. The molecule has 2 aliphatic carbocycles. The lowest BCUT2D eigenvalue weighted by molar-refractivity contribution is -0.149. The predicted octanol–water partition coefficient (Wildman–Crippen LogP) is 2.74. The number of benzene rings is 2. The van der Waals surface area contributed by atoms with E-state index >= 15 is 0 Å². The summed E-state index contributed by atoms with van der Waals surface area (Å²) in [5.74, 6) is -1.76. The molecule has 5 rings (SSSR count). The molecule has 1 heterocycles. The Bertz CT molecular complexity index is 1070. The fourth-order valence-corrected chi connectivity index (χ4v) is 5.67. The summed E-state index contributed by atoms with van der Waals surface area (Å²) in [5, 5.41) is 22.1. The van der Waals surface area contributed by atoms with E-state index in [2.05, 4.69) is 29.6 Å². The number of hydrogen-bond donors (Lipinski definition) is 3. The maximum Gasteiger partial charge on any atom is 0.407 e. The Morgan fingerprint density at radius 1 is 0.971 bits per heavy atom. The first-order valence-corrected chi connectivity index (χ1v) is 11.7. The molecule has 3 aliphatic rings. The van der Waals surface area contributed by atoms with Gasteiger partial charge in [0.1, 0.15) is 12.6 Å². The molecule has 3 N–H and O–H groups in total. The van der Waals surface area contributed by atoms with Crippen molar-refractivity contribution in [3.8, 4) is 11.1 Å². The van der Waals surface area contributed by atoms with E-state index < -0.39 is 24.2 Å². The van der Waals surface area contributed by atoms with Gasteiger partial charge in [0, 0.05) is 30.8 Å². The van der Waals surface area contributed by atoms with Crippen molar-refractivity contribution in [1.29, 1.82) is 0 Å². The largest absolute Gasteiger partial charge is 0.480 e. The highest BCUT2D eigenvalue weighted by atomic mass is 16.5. The van der Waals surface area contributed by atoms with Crippen LogP contribution < -0.4 is 5.32 Å². The molecule has 8 heteroatoms. The van der Waals surface area contributed by atoms with Crippen molar-refractivity contribution < 1.29 is 29.3 Å². The Kier molecular flexibility index (Phi) is 6.00. The lowest BCUT2D eigenvalue weighted by Crippen LogP contribution is -2.43. The zero-order valence-corrected chi connectivity index (χ0v) is 18.7. The van der Waals surface area contributed by atoms with Gasteiger partial charge in [-0.2, -0.15) is 0 Å². The minimum absolute atomic E-state index is 0.0226. The third-order valence-corrected chi connectivity index (χ3v) is 7.29. The van der Waals surface area contributed by atoms with Crippen LogP contribution in [0.5, 0.6) is 0 Å². The molecule has 0 aromatic heterocycles. The number of alkyl carbamates (subject to hydrolysis) is 1. The molecule has 0 spiro atoms. The first kappa shape index (κ1) is 22.4. The summed E-state index contributed by atoms with van der Waals surface area (Å²) in [6.45, 7) is 0.262. The maximum absolute atomic E-state index is 12.9. The second-order valence-electron chi connectivity index (χ2n) is 9.41. The number of carbonyl (C=O) groups excluding carboxylic acids is 2. The number of nitrogens with zero attached hydrogens (tertiary/aromatic N) is 1. The van der Waals surface area contributed by atoms with Gasteiger partial charge in [0.15, 0.2) is 0 Å². The van der Waals surface area contributed by atoms with Crippen LogP contribution in [0.1, 0.15) is 42.7 Å². The van der Waals surface area contributed by atoms with Gasteiger partial charge in [0.2, 0.25) is 5.91 Å². The third kappa shape index (κ3) is 4.14. The molecule has 1 aliphatic heterocycles. The number of amides is 2. The molecule has 2 aromatic carbocycles. The van der Waals surface area contributed by atoms with E-state index in [1.807, 2.05) is 24.3 Å². The highest BCUT2D eigenvalue weighted by molar-refractivity contribution is 5.86. The van der Waals surface area contributed by atoms with Crippen LogP contribution in [-0.4, -0.2) is 64.4 Å². The first-order valence-electron chi connectivity index (χ1n) is 11.7. The Hall–Kier alpha value is -3.39. The number of hydrogen-bond acceptors (Lipinski definition) is 5. The number of aliphatic hydroxyl groups excluding tert-OH is 1. The number of fused-ring (bicyclic) bond motifs is 3. The SMILES string of the molecule is O=C(NC1CCC(C(=O)N2C[C@@H](O)C[C@H]2C(=O)O)C1)OCC1c2ccccc2-c2ccccc21. The molecular weight excluding hydrogens is 436 g/mol. The van der Waals surface area contributed by atoms with Gasteiger partial charge in [-0.15, -0.1) is 0 Å². The molecule has 2 amide bonds. The van der Waals surface area contributed by atoms with Gasteiger partial charge in [0.25, 0.3) is 0 Å². The molecule has 0 radical (unpaired) electrons. The first-order chi connectivity index (χ1) is 16.4. The van der Waals surface area contributed by atoms with Crippen LogP contribution in [0.2, 0.25) is 0 Å². The van der Waals surface area contributed by atoms with Crippen molar-refractivity contribution >= 4 is 18.0 Å². The fourth-order valence-electron chi connectivity index (χ4n) is 5.67. The summed E-state index contributed by atoms with van der Waals surface area (Å²) in [6.07, 6.45) is 0.332. The molecule has 0 bridgehead atoms. The Labute approximate surface area is 197 Å². The van der Waals surface area contributed by atoms with E-state index in [4.69, 9.17) is 4.74 Å². The van der Waals surface area contributed by atoms with Crippen LogP contribution in [0, 0.1) is 5.92 Å². The monoisotopic (exact) mass is 464 g/mol. The Morgan fingerprint density at radius 3 is 2.26 bits per heavy atom. The van der Waals surface area contributed by atoms with Crippen LogP contribution in [-0.2, 0) is 14.3 Å². The van der Waals surface area contributed by atoms with Crippen molar-refractivity contribution in [2.24, 2.45) is 5.92 Å². The van der Waals surface area contributed by atoms with Gasteiger partial charge < -0.3 is 25.2 Å². The van der Waals surface area contributed by atoms with Gasteiger partial charge in [-0.1, -0.05) is 48.5 Å². The molecule has 2 unspecified atom stereocenters. The van der Waals surface area contributed by atoms with Crippen LogP contribution in [0.4, 0.5) is 4.79 Å². The summed E-state index contributed by atoms with van der Waals surface area (Å²) in [5.41, 5.74) is 4.61. The van der Waals surface area contributed by atoms with E-state index in [1.165, 1.54) is 4.90 Å². The molecule has 178 valence electrons. The highest BCUT2D eigenvalue weighted by Crippen LogP contribution is 2.44. The van der Waals surface area contributed by atoms with Gasteiger partial charge in [-0.25, -0.2) is 9.59 Å². The quantitative estimate of drug-likeness (QED) is 0.627. The molecule has 34 heavy (non-hydrogen) atoms. The minimum Gasteiger partial charge on any atom is -0.480 e. The molecular formula is C26H28N2O6. The third-order valence-electron chi connectivity index (χ3n) is 7.29. The van der Waals surface area contributed by atoms with E-state index in [1.54, 1.807) is 0 Å². The zero-order valence-electron chi connectivity index (χ0n) is 18.7. The lowest BCUT2D eigenvalue weighted by atomic mass is 9.98. The number of nitrogens with one attached hydrogen (secondary N) is 1. The summed E-state index contributed by atoms with van der Waals surface area (Å²) in [4.78, 5) is 38.2. The number of β-amino-alcohol motifs (C(OH)–C–C–N with tert-alkyl or cyclic N) is 1. The van der Waals surface area contributed by atoms with E-state index in [9.17, 15) is 24.6 Å². The number of aliphatic carboxylic acids is 1. The number of aliphatic hydroxyl groups is 1. The topological polar surface area (TPSA) is 116 Å². The maximum atomic E-state index is 12.9. The summed E-state index contributed by atoms with van der Waals surface area (Å²) in [6, 6.07) is 15.1. The number of carbonyl (C=O) groups is 3. The summed E-state index contributed by atoms with van der Waals surface area (Å²) >= 11 is 0. The summed E-state index contributed by atoms with van der Waals surface area (Å²) in [7, 11) is 0. The minimum atomic E-state index is -1.10. The van der Waals surface area contributed by atoms with Crippen molar-refractivity contribution in [3.63, 3.8) is 0 Å². The Morgan fingerprint density at radius 2 is 1.62 bits per heavy atom. The molecule has 1 saturated heterocycles. The molecule has 2 aromatic rings. The van der Waals surface area contributed by atoms with Crippen LogP contribution >= 0.6 is 0 Å². The number of rotatable bonds is 5. The molecule has 1 saturated carbocycles. The zero-order chi connectivity index (χ0) is 23.8. The van der Waals surface area contributed by atoms with Gasteiger partial charge in [-0.05, 0) is 41.5 Å². The van der Waals surface area contributed by atoms with Crippen molar-refractivity contribution in [1.82, 2.24) is 10.2 Å². The Balaban J connectivity index is 1.16. The predicted molar refractivity (Wildman–Crippen MR) is 123 cm³/mol. The van der Waals surface area contributed by atoms with Crippen LogP contribution in [0.3, 0.4) is 0 Å². The summed E-state index contributed by atoms with van der Waals surface area (Å²) < 4.78 is 5.60. The van der Waals surface area contributed by atoms with E-state index in [-0.39, 0.29) is 43.4 Å². The van der Waals surface area contributed by atoms with E-state index in [0.717, 1.165) is 22.3 Å². The lowest BCUT2D eigenvalue weighted by Gasteiger charge is -2.24. The van der Waals surface area contributed by atoms with E-state index in [0.29, 0.717) is 19.3 Å². The van der Waals surface area contributed by atoms with Crippen molar-refractivity contribution in [2.75, 3.05) is 13.2 Å². The molecule has 8 nitrogen and oxygen atoms in total. The second kappa shape index (κ2) is 9.10. The van der Waals surface area contributed by atoms with Gasteiger partial charge >= 0.3 is 12.1 Å².